The lowest BCUT2D eigenvalue weighted by Gasteiger charge is -2.21. The first kappa shape index (κ1) is 36.5. The van der Waals surface area contributed by atoms with Crippen molar-refractivity contribution in [1.82, 2.24) is 9.13 Å². The van der Waals surface area contributed by atoms with Gasteiger partial charge in [-0.25, -0.2) is 0 Å². The average Bonchev–Trinajstić information content (AvgIpc) is 3.78. The lowest BCUT2D eigenvalue weighted by Crippen LogP contribution is -2.10. The van der Waals surface area contributed by atoms with E-state index in [1.807, 2.05) is 42.5 Å². The van der Waals surface area contributed by atoms with Crippen molar-refractivity contribution in [3.8, 4) is 56.9 Å². The molecule has 0 atom stereocenters. The normalized spacial score (nSPS) is 11.7. The molecule has 60 heavy (non-hydrogen) atoms. The number of aromatic nitrogens is 2. The van der Waals surface area contributed by atoms with E-state index in [1.54, 1.807) is 12.1 Å². The summed E-state index contributed by atoms with van der Waals surface area (Å²) in [5.74, 6) is 0. The zero-order valence-electron chi connectivity index (χ0n) is 32.5. The van der Waals surface area contributed by atoms with Crippen molar-refractivity contribution in [3.63, 3.8) is 0 Å². The van der Waals surface area contributed by atoms with Gasteiger partial charge in [-0.1, -0.05) is 114 Å². The van der Waals surface area contributed by atoms with E-state index in [9.17, 15) is 23.7 Å². The van der Waals surface area contributed by atoms with Crippen LogP contribution in [0, 0.1) is 36.5 Å². The van der Waals surface area contributed by atoms with Crippen molar-refractivity contribution in [2.24, 2.45) is 0 Å². The van der Waals surface area contributed by atoms with Crippen LogP contribution in [0.2, 0.25) is 0 Å². The van der Waals surface area contributed by atoms with Gasteiger partial charge in [-0.2, -0.15) is 23.7 Å². The summed E-state index contributed by atoms with van der Waals surface area (Å²) in [5, 5.41) is 25.0. The van der Waals surface area contributed by atoms with E-state index >= 15 is 0 Å². The molecule has 7 heteroatoms. The van der Waals surface area contributed by atoms with E-state index in [-0.39, 0.29) is 22.3 Å². The van der Waals surface area contributed by atoms with Gasteiger partial charge in [0.05, 0.1) is 62.3 Å². The Kier molecular flexibility index (Phi) is 8.45. The van der Waals surface area contributed by atoms with Gasteiger partial charge in [-0.05, 0) is 96.8 Å². The average molecular weight is 783 g/mol. The quantitative estimate of drug-likeness (QED) is 0.175. The van der Waals surface area contributed by atoms with Gasteiger partial charge in [0.15, 0.2) is 0 Å². The molecule has 0 saturated carbocycles. The minimum absolute atomic E-state index is 0.00609. The van der Waals surface area contributed by atoms with E-state index in [2.05, 4.69) is 126 Å². The van der Waals surface area contributed by atoms with Crippen LogP contribution in [0.5, 0.6) is 0 Å². The zero-order chi connectivity index (χ0) is 41.3. The molecule has 286 valence electrons. The molecule has 2 heterocycles. The summed E-state index contributed by atoms with van der Waals surface area (Å²) >= 11 is 0. The minimum atomic E-state index is -4.80. The van der Waals surface area contributed by atoms with Crippen LogP contribution < -0.4 is 0 Å². The molecule has 0 aliphatic heterocycles. The van der Waals surface area contributed by atoms with E-state index in [4.69, 9.17) is 0 Å². The highest BCUT2D eigenvalue weighted by Gasteiger charge is 2.36. The van der Waals surface area contributed by atoms with Gasteiger partial charge < -0.3 is 9.13 Å². The number of nitriles is 2. The number of hydrogen-bond donors (Lipinski definition) is 0. The Hall–Kier alpha value is -7.87. The number of hydrogen-bond acceptors (Lipinski definition) is 2. The van der Waals surface area contributed by atoms with Crippen molar-refractivity contribution in [2.75, 3.05) is 0 Å². The molecule has 0 saturated heterocycles. The van der Waals surface area contributed by atoms with Crippen LogP contribution in [-0.4, -0.2) is 9.13 Å². The summed E-state index contributed by atoms with van der Waals surface area (Å²) in [6.45, 7) is 4.11. The maximum atomic E-state index is 14.9. The third kappa shape index (κ3) is 5.82. The fourth-order valence-electron chi connectivity index (χ4n) is 8.72. The highest BCUT2D eigenvalue weighted by atomic mass is 19.4. The van der Waals surface area contributed by atoms with E-state index < -0.39 is 11.7 Å². The molecule has 0 spiro atoms. The Morgan fingerprint density at radius 2 is 0.883 bits per heavy atom. The number of aryl methyl sites for hydroxylation is 2. The molecule has 4 nitrogen and oxygen atoms in total. The summed E-state index contributed by atoms with van der Waals surface area (Å²) in [7, 11) is 0. The molecule has 0 aliphatic carbocycles. The number of nitrogens with zero attached hydrogens (tertiary/aromatic N) is 4. The van der Waals surface area contributed by atoms with Crippen molar-refractivity contribution in [3.05, 3.63) is 192 Å². The van der Waals surface area contributed by atoms with Crippen LogP contribution in [0.25, 0.3) is 88.4 Å². The van der Waals surface area contributed by atoms with Gasteiger partial charge >= 0.3 is 6.18 Å². The fourth-order valence-corrected chi connectivity index (χ4v) is 8.72. The second-order valence-electron chi connectivity index (χ2n) is 15.2. The lowest BCUT2D eigenvalue weighted by atomic mass is 9.90. The SMILES string of the molecule is Cc1ccc(-c2ccc3c(c2)c2ccccc2n3-c2cc(C#N)c(-c3c(C#N)cccc3C(F)(F)F)cc2-n2c3ccccc3c3cc(-c4ccc(C)cc4)ccc32)cc1. The Morgan fingerprint density at radius 1 is 0.433 bits per heavy atom. The molecule has 0 bridgehead atoms. The second-order valence-corrected chi connectivity index (χ2v) is 15.2. The molecule has 0 N–H and O–H groups in total. The lowest BCUT2D eigenvalue weighted by molar-refractivity contribution is -0.137. The third-order valence-electron chi connectivity index (χ3n) is 11.6. The first-order chi connectivity index (χ1) is 29.1. The number of alkyl halides is 3. The molecule has 0 radical (unpaired) electrons. The van der Waals surface area contributed by atoms with Gasteiger partial charge in [0.25, 0.3) is 0 Å². The van der Waals surface area contributed by atoms with Gasteiger partial charge in [-0.3, -0.25) is 0 Å². The summed E-state index contributed by atoms with van der Waals surface area (Å²) in [6, 6.07) is 56.5. The van der Waals surface area contributed by atoms with Gasteiger partial charge in [0.1, 0.15) is 0 Å². The van der Waals surface area contributed by atoms with Crippen molar-refractivity contribution < 1.29 is 13.2 Å². The number of fused-ring (bicyclic) bond motifs is 6. The van der Waals surface area contributed by atoms with E-state index in [1.165, 1.54) is 12.1 Å². The predicted octanol–water partition coefficient (Wildman–Crippen LogP) is 14.3. The zero-order valence-corrected chi connectivity index (χ0v) is 32.5. The molecule has 0 fully saturated rings. The van der Waals surface area contributed by atoms with E-state index in [0.29, 0.717) is 11.4 Å². The minimum Gasteiger partial charge on any atom is -0.307 e. The monoisotopic (exact) mass is 782 g/mol. The molecule has 0 unspecified atom stereocenters. The molecule has 10 rings (SSSR count). The number of rotatable bonds is 5. The van der Waals surface area contributed by atoms with Crippen molar-refractivity contribution in [1.29, 1.82) is 10.5 Å². The number of halogens is 3. The Balaban J connectivity index is 1.34. The standard InChI is InChI=1S/C53H33F3N4/c1-32-14-18-34(19-15-32)36-22-24-48-43(26-36)40-9-3-5-12-46(40)59(48)50-28-39(31-58)42(52-38(30-57)8-7-11-45(52)53(54,55)56)29-51(50)60-47-13-6-4-10-41(47)44-27-37(23-25-49(44)60)35-20-16-33(2)17-21-35/h3-29H,1-2H3. The highest BCUT2D eigenvalue weighted by molar-refractivity contribution is 6.13. The summed E-state index contributed by atoms with van der Waals surface area (Å²) < 4.78 is 48.9. The first-order valence-corrected chi connectivity index (χ1v) is 19.5. The van der Waals surface area contributed by atoms with Crippen molar-refractivity contribution in [2.45, 2.75) is 20.0 Å². The van der Waals surface area contributed by atoms with E-state index in [0.717, 1.165) is 83.1 Å². The third-order valence-corrected chi connectivity index (χ3v) is 11.6. The van der Waals surface area contributed by atoms with Crippen LogP contribution in [0.15, 0.2) is 164 Å². The maximum Gasteiger partial charge on any atom is 0.417 e. The van der Waals surface area contributed by atoms with Crippen LogP contribution in [0.1, 0.15) is 27.8 Å². The maximum absolute atomic E-state index is 14.9. The molecule has 0 amide bonds. The van der Waals surface area contributed by atoms with Crippen LogP contribution in [0.3, 0.4) is 0 Å². The Labute approximate surface area is 343 Å². The summed E-state index contributed by atoms with van der Waals surface area (Å²) in [6.07, 6.45) is -4.80. The van der Waals surface area contributed by atoms with Gasteiger partial charge in [0, 0.05) is 32.7 Å². The Morgan fingerprint density at radius 3 is 1.37 bits per heavy atom. The molecular weight excluding hydrogens is 750 g/mol. The molecule has 2 aromatic heterocycles. The Bertz CT molecular complexity index is 3450. The molecule has 8 aromatic carbocycles. The smallest absolute Gasteiger partial charge is 0.307 e. The number of benzene rings is 8. The largest absolute Gasteiger partial charge is 0.417 e. The summed E-state index contributed by atoms with van der Waals surface area (Å²) in [4.78, 5) is 0. The number of para-hydroxylation sites is 2. The summed E-state index contributed by atoms with van der Waals surface area (Å²) in [5.41, 5.74) is 9.58. The topological polar surface area (TPSA) is 57.4 Å². The van der Waals surface area contributed by atoms with Crippen LogP contribution >= 0.6 is 0 Å². The van der Waals surface area contributed by atoms with Gasteiger partial charge in [-0.15, -0.1) is 0 Å². The van der Waals surface area contributed by atoms with Crippen LogP contribution in [0.4, 0.5) is 13.2 Å². The first-order valence-electron chi connectivity index (χ1n) is 19.5. The van der Waals surface area contributed by atoms with Gasteiger partial charge in [0.2, 0.25) is 0 Å². The predicted molar refractivity (Wildman–Crippen MR) is 235 cm³/mol. The van der Waals surface area contributed by atoms with Crippen molar-refractivity contribution >= 4 is 43.6 Å². The fraction of sp³-hybridized carbons (Fsp3) is 0.0566. The molecule has 10 aromatic rings. The second kappa shape index (κ2) is 13.9. The van der Waals surface area contributed by atoms with Crippen LogP contribution in [-0.2, 0) is 6.18 Å². The highest BCUT2D eigenvalue weighted by Crippen LogP contribution is 2.45. The molecular formula is C53H33F3N4. The molecule has 0 aliphatic rings.